The molecular formula is C26H32FN3O. The summed E-state index contributed by atoms with van der Waals surface area (Å²) in [5.74, 6) is 0.371. The van der Waals surface area contributed by atoms with E-state index in [1.54, 1.807) is 6.07 Å². The molecular weight excluding hydrogens is 389 g/mol. The third kappa shape index (κ3) is 4.82. The van der Waals surface area contributed by atoms with Crippen molar-refractivity contribution in [3.8, 4) is 0 Å². The summed E-state index contributed by atoms with van der Waals surface area (Å²) in [5, 5.41) is 1.12. The zero-order valence-electron chi connectivity index (χ0n) is 18.7. The van der Waals surface area contributed by atoms with E-state index in [0.717, 1.165) is 67.5 Å². The summed E-state index contributed by atoms with van der Waals surface area (Å²) >= 11 is 0. The molecule has 0 radical (unpaired) electrons. The number of fused-ring (bicyclic) bond motifs is 1. The van der Waals surface area contributed by atoms with E-state index in [4.69, 9.17) is 0 Å². The highest BCUT2D eigenvalue weighted by Crippen LogP contribution is 2.25. The molecule has 0 bridgehead atoms. The number of carbonyl (C=O) groups is 1. The first-order chi connectivity index (χ1) is 14.9. The van der Waals surface area contributed by atoms with Gasteiger partial charge >= 0.3 is 0 Å². The number of rotatable bonds is 6. The van der Waals surface area contributed by atoms with Gasteiger partial charge in [0.25, 0.3) is 5.91 Å². The Hall–Kier alpha value is -2.66. The van der Waals surface area contributed by atoms with Crippen molar-refractivity contribution in [2.24, 2.45) is 5.92 Å². The highest BCUT2D eigenvalue weighted by atomic mass is 19.1. The van der Waals surface area contributed by atoms with Gasteiger partial charge in [0.2, 0.25) is 0 Å². The molecule has 1 amide bonds. The van der Waals surface area contributed by atoms with Crippen molar-refractivity contribution in [2.75, 3.05) is 33.2 Å². The number of amides is 1. The largest absolute Gasteiger partial charge is 0.350 e. The highest BCUT2D eigenvalue weighted by Gasteiger charge is 2.25. The van der Waals surface area contributed by atoms with Gasteiger partial charge in [0.15, 0.2) is 0 Å². The van der Waals surface area contributed by atoms with Gasteiger partial charge < -0.3 is 14.8 Å². The van der Waals surface area contributed by atoms with E-state index in [-0.39, 0.29) is 11.7 Å². The van der Waals surface area contributed by atoms with Gasteiger partial charge in [-0.1, -0.05) is 29.8 Å². The maximum Gasteiger partial charge on any atom is 0.270 e. The van der Waals surface area contributed by atoms with Gasteiger partial charge in [-0.05, 0) is 74.9 Å². The second-order valence-electron chi connectivity index (χ2n) is 9.01. The molecule has 1 N–H and O–H groups in total. The van der Waals surface area contributed by atoms with Crippen molar-refractivity contribution in [1.82, 2.24) is 14.8 Å². The molecule has 1 saturated heterocycles. The van der Waals surface area contributed by atoms with E-state index in [2.05, 4.69) is 28.9 Å². The number of aryl methyl sites for hydroxylation is 2. The van der Waals surface area contributed by atoms with Crippen molar-refractivity contribution < 1.29 is 9.18 Å². The van der Waals surface area contributed by atoms with Crippen LogP contribution in [0.2, 0.25) is 0 Å². The summed E-state index contributed by atoms with van der Waals surface area (Å²) in [5.41, 5.74) is 4.69. The number of hydrogen-bond acceptors (Lipinski definition) is 2. The molecule has 0 saturated carbocycles. The maximum atomic E-state index is 13.9. The molecule has 0 spiro atoms. The molecule has 164 valence electrons. The Morgan fingerprint density at radius 3 is 2.84 bits per heavy atom. The number of halogens is 1. The van der Waals surface area contributed by atoms with Crippen LogP contribution in [-0.2, 0) is 6.42 Å². The third-order valence-corrected chi connectivity index (χ3v) is 6.56. The fraction of sp³-hybridized carbons (Fsp3) is 0.423. The van der Waals surface area contributed by atoms with E-state index in [0.29, 0.717) is 11.6 Å². The lowest BCUT2D eigenvalue weighted by atomic mass is 9.97. The van der Waals surface area contributed by atoms with Crippen LogP contribution in [0.4, 0.5) is 4.39 Å². The lowest BCUT2D eigenvalue weighted by Gasteiger charge is -2.34. The molecule has 4 rings (SSSR count). The Morgan fingerprint density at radius 2 is 2.03 bits per heavy atom. The molecule has 1 aliphatic rings. The van der Waals surface area contributed by atoms with Crippen LogP contribution in [0.1, 0.15) is 40.0 Å². The number of H-pyrrole nitrogens is 1. The number of carbonyl (C=O) groups excluding carboxylic acids is 1. The van der Waals surface area contributed by atoms with Gasteiger partial charge in [-0.15, -0.1) is 0 Å². The number of benzene rings is 2. The fourth-order valence-electron chi connectivity index (χ4n) is 4.80. The average Bonchev–Trinajstić information content (AvgIpc) is 3.08. The lowest BCUT2D eigenvalue weighted by Crippen LogP contribution is -2.42. The van der Waals surface area contributed by atoms with Crippen LogP contribution in [0, 0.1) is 25.6 Å². The lowest BCUT2D eigenvalue weighted by molar-refractivity contribution is 0.0725. The van der Waals surface area contributed by atoms with Crippen LogP contribution < -0.4 is 0 Å². The molecule has 0 unspecified atom stereocenters. The first-order valence-corrected chi connectivity index (χ1v) is 11.2. The van der Waals surface area contributed by atoms with Crippen molar-refractivity contribution in [1.29, 1.82) is 0 Å². The van der Waals surface area contributed by atoms with Crippen LogP contribution in [0.25, 0.3) is 10.9 Å². The Morgan fingerprint density at radius 1 is 1.23 bits per heavy atom. The van der Waals surface area contributed by atoms with Crippen molar-refractivity contribution in [3.63, 3.8) is 0 Å². The molecule has 4 nitrogen and oxygen atoms in total. The summed E-state index contributed by atoms with van der Waals surface area (Å²) in [4.78, 5) is 20.8. The molecule has 3 aromatic rings. The van der Waals surface area contributed by atoms with Crippen LogP contribution in [0.15, 0.2) is 42.5 Å². The van der Waals surface area contributed by atoms with Gasteiger partial charge in [-0.3, -0.25) is 4.79 Å². The minimum Gasteiger partial charge on any atom is -0.350 e. The summed E-state index contributed by atoms with van der Waals surface area (Å²) in [7, 11) is 1.90. The smallest absolute Gasteiger partial charge is 0.270 e. The van der Waals surface area contributed by atoms with Gasteiger partial charge in [0.1, 0.15) is 11.5 Å². The molecule has 1 fully saturated rings. The van der Waals surface area contributed by atoms with E-state index in [9.17, 15) is 9.18 Å². The standard InChI is InChI=1S/C26H32FN3O/c1-18-10-11-24-22(15-18)19(2)25(28-24)26(31)29(3)16-20-7-6-13-30(17-20)14-12-21-8-4-5-9-23(21)27/h4-5,8-11,15,20,28H,6-7,12-14,16-17H2,1-3H3/t20-/m0/s1. The Labute approximate surface area is 184 Å². The van der Waals surface area contributed by atoms with E-state index < -0.39 is 0 Å². The minimum atomic E-state index is -0.120. The first kappa shape index (κ1) is 21.6. The molecule has 2 heterocycles. The van der Waals surface area contributed by atoms with Crippen molar-refractivity contribution in [3.05, 3.63) is 70.7 Å². The number of hydrogen-bond donors (Lipinski definition) is 1. The van der Waals surface area contributed by atoms with Crippen LogP contribution in [0.5, 0.6) is 0 Å². The number of nitrogens with one attached hydrogen (secondary N) is 1. The third-order valence-electron chi connectivity index (χ3n) is 6.56. The van der Waals surface area contributed by atoms with E-state index in [1.807, 2.05) is 37.1 Å². The number of nitrogens with zero attached hydrogens (tertiary/aromatic N) is 2. The summed E-state index contributed by atoms with van der Waals surface area (Å²) in [6.45, 7) is 7.68. The maximum absolute atomic E-state index is 13.9. The number of piperidine rings is 1. The predicted molar refractivity (Wildman–Crippen MR) is 124 cm³/mol. The number of likely N-dealkylation sites (tertiary alicyclic amines) is 1. The Balaban J connectivity index is 1.36. The average molecular weight is 422 g/mol. The van der Waals surface area contributed by atoms with Crippen LogP contribution >= 0.6 is 0 Å². The van der Waals surface area contributed by atoms with Gasteiger partial charge in [-0.2, -0.15) is 0 Å². The summed E-state index contributed by atoms with van der Waals surface area (Å²) < 4.78 is 13.9. The molecule has 31 heavy (non-hydrogen) atoms. The second kappa shape index (κ2) is 9.23. The van der Waals surface area contributed by atoms with Crippen LogP contribution in [0.3, 0.4) is 0 Å². The number of aromatic nitrogens is 1. The normalized spacial score (nSPS) is 17.2. The molecule has 0 aliphatic carbocycles. The SMILES string of the molecule is Cc1ccc2[nH]c(C(=O)N(C)C[C@@H]3CCCN(CCc4ccccc4F)C3)c(C)c2c1. The summed E-state index contributed by atoms with van der Waals surface area (Å²) in [6.07, 6.45) is 2.97. The molecule has 1 atom stereocenters. The molecule has 1 aromatic heterocycles. The zero-order chi connectivity index (χ0) is 22.0. The topological polar surface area (TPSA) is 39.3 Å². The Bertz CT molecular complexity index is 1070. The van der Waals surface area contributed by atoms with E-state index in [1.165, 1.54) is 11.6 Å². The first-order valence-electron chi connectivity index (χ1n) is 11.2. The predicted octanol–water partition coefficient (Wildman–Crippen LogP) is 4.95. The van der Waals surface area contributed by atoms with Gasteiger partial charge in [0.05, 0.1) is 0 Å². The highest BCUT2D eigenvalue weighted by molar-refractivity contribution is 6.00. The molecule has 1 aliphatic heterocycles. The van der Waals surface area contributed by atoms with Gasteiger partial charge in [-0.25, -0.2) is 4.39 Å². The Kier molecular flexibility index (Phi) is 6.42. The monoisotopic (exact) mass is 421 g/mol. The van der Waals surface area contributed by atoms with Gasteiger partial charge in [0, 0.05) is 37.6 Å². The minimum absolute atomic E-state index is 0.0508. The number of aromatic amines is 1. The molecule has 2 aromatic carbocycles. The van der Waals surface area contributed by atoms with Crippen molar-refractivity contribution in [2.45, 2.75) is 33.1 Å². The summed E-state index contributed by atoms with van der Waals surface area (Å²) in [6, 6.07) is 13.3. The second-order valence-corrected chi connectivity index (χ2v) is 9.01. The molecule has 5 heteroatoms. The van der Waals surface area contributed by atoms with Crippen LogP contribution in [-0.4, -0.2) is 53.9 Å². The van der Waals surface area contributed by atoms with Crippen molar-refractivity contribution >= 4 is 16.8 Å². The zero-order valence-corrected chi connectivity index (χ0v) is 18.7. The van der Waals surface area contributed by atoms with E-state index >= 15 is 0 Å². The quantitative estimate of drug-likeness (QED) is 0.612. The fourth-order valence-corrected chi connectivity index (χ4v) is 4.80.